The van der Waals surface area contributed by atoms with Gasteiger partial charge in [0.15, 0.2) is 5.78 Å². The summed E-state index contributed by atoms with van der Waals surface area (Å²) in [4.78, 5) is 47.3. The van der Waals surface area contributed by atoms with E-state index < -0.39 is 24.2 Å². The molecule has 1 aliphatic carbocycles. The minimum Gasteiger partial charge on any atom is -0.466 e. The lowest BCUT2D eigenvalue weighted by Gasteiger charge is -2.55. The maximum atomic E-state index is 16.1. The first-order chi connectivity index (χ1) is 25.5. The second-order valence-corrected chi connectivity index (χ2v) is 15.2. The zero-order valence-electron chi connectivity index (χ0n) is 31.2. The lowest BCUT2D eigenvalue weighted by atomic mass is 9.87. The molecular weight excluding hydrogens is 704 g/mol. The Bertz CT molecular complexity index is 1780. The zero-order chi connectivity index (χ0) is 37.9. The Hall–Kier alpha value is -3.42. The maximum Gasteiger partial charge on any atom is 0.308 e. The van der Waals surface area contributed by atoms with Crippen LogP contribution >= 0.6 is 11.6 Å². The highest BCUT2D eigenvalue weighted by molar-refractivity contribution is 6.34. The van der Waals surface area contributed by atoms with Gasteiger partial charge in [-0.05, 0) is 83.1 Å². The predicted molar refractivity (Wildman–Crippen MR) is 201 cm³/mol. The molecule has 1 amide bonds. The molecule has 1 unspecified atom stereocenters. The average molecular weight is 756 g/mol. The molecule has 1 aromatic heterocycles. The van der Waals surface area contributed by atoms with E-state index in [4.69, 9.17) is 21.1 Å². The molecule has 3 aliphatic rings. The first kappa shape index (κ1) is 39.3. The predicted octanol–water partition coefficient (Wildman–Crippen LogP) is 6.59. The van der Waals surface area contributed by atoms with E-state index in [0.29, 0.717) is 70.6 Å². The SMILES string of the molecule is CCOC(=O)[C@H]1CC[C@H](OC(C(=O)Cc2cc(Cl)c(NC(=O)c3cn(C)c4ccccc34)cc2F)(N2CCCC2)N2C[C@H](C)N(CCF)[C@@H](C)C2)CC1. The van der Waals surface area contributed by atoms with Crippen molar-refractivity contribution in [2.75, 3.05) is 51.3 Å². The van der Waals surface area contributed by atoms with Crippen molar-refractivity contribution in [3.05, 3.63) is 64.6 Å². The number of ketones is 1. The normalized spacial score (nSPS) is 24.3. The van der Waals surface area contributed by atoms with Gasteiger partial charge in [-0.25, -0.2) is 8.78 Å². The number of nitrogens with zero attached hydrogens (tertiary/aromatic N) is 4. The molecule has 3 heterocycles. The van der Waals surface area contributed by atoms with Gasteiger partial charge in [-0.15, -0.1) is 0 Å². The molecule has 53 heavy (non-hydrogen) atoms. The number of ether oxygens (including phenoxy) is 2. The number of carbonyl (C=O) groups excluding carboxylic acids is 3. The van der Waals surface area contributed by atoms with Gasteiger partial charge >= 0.3 is 5.97 Å². The molecule has 2 aromatic carbocycles. The van der Waals surface area contributed by atoms with Crippen molar-refractivity contribution in [1.82, 2.24) is 19.3 Å². The highest BCUT2D eigenvalue weighted by Crippen LogP contribution is 2.38. The number of carbonyl (C=O) groups is 3. The fourth-order valence-electron chi connectivity index (χ4n) is 8.66. The maximum absolute atomic E-state index is 16.1. The van der Waals surface area contributed by atoms with E-state index in [0.717, 1.165) is 23.7 Å². The standard InChI is InChI=1S/C40H52ClF2N5O5/c1-5-52-39(51)28-12-14-30(15-13-28)53-40(46-17-8-9-18-46,47-23-26(2)48(19-16-42)27(3)24-47)37(49)21-29-20-33(41)35(22-34(29)43)44-38(50)32-25-45(4)36-11-7-6-10-31(32)36/h6-7,10-11,20,22,25-28,30H,5,8-9,12-19,21,23-24H2,1-4H3,(H,44,50)/t26-,27-,28-,30-,40?/m0/s1. The van der Waals surface area contributed by atoms with Gasteiger partial charge in [0.2, 0.25) is 5.85 Å². The average Bonchev–Trinajstić information content (AvgIpc) is 3.80. The van der Waals surface area contributed by atoms with E-state index in [1.165, 1.54) is 12.1 Å². The van der Waals surface area contributed by atoms with E-state index >= 15 is 9.18 Å². The van der Waals surface area contributed by atoms with Crippen LogP contribution in [0.2, 0.25) is 5.02 Å². The van der Waals surface area contributed by atoms with Crippen LogP contribution in [-0.4, -0.2) is 107 Å². The van der Waals surface area contributed by atoms with Crippen molar-refractivity contribution in [1.29, 1.82) is 0 Å². The number of nitrogens with one attached hydrogen (secondary N) is 1. The second-order valence-electron chi connectivity index (χ2n) is 14.8. The minimum absolute atomic E-state index is 0.0664. The second kappa shape index (κ2) is 16.9. The van der Waals surface area contributed by atoms with E-state index in [1.807, 2.05) is 49.7 Å². The van der Waals surface area contributed by atoms with Gasteiger partial charge in [0.1, 0.15) is 12.5 Å². The van der Waals surface area contributed by atoms with E-state index in [2.05, 4.69) is 20.0 Å². The molecule has 13 heteroatoms. The van der Waals surface area contributed by atoms with Crippen LogP contribution in [0.15, 0.2) is 42.6 Å². The number of hydrogen-bond donors (Lipinski definition) is 1. The fourth-order valence-corrected chi connectivity index (χ4v) is 8.89. The van der Waals surface area contributed by atoms with Crippen LogP contribution < -0.4 is 5.32 Å². The van der Waals surface area contributed by atoms with Crippen LogP contribution in [0, 0.1) is 11.7 Å². The first-order valence-corrected chi connectivity index (χ1v) is 19.4. The Morgan fingerprint density at radius 3 is 2.34 bits per heavy atom. The van der Waals surface area contributed by atoms with Crippen LogP contribution in [0.5, 0.6) is 0 Å². The molecule has 2 saturated heterocycles. The summed E-state index contributed by atoms with van der Waals surface area (Å²) in [6.45, 7) is 8.17. The lowest BCUT2D eigenvalue weighted by Crippen LogP contribution is -2.73. The number of aryl methyl sites for hydroxylation is 1. The summed E-state index contributed by atoms with van der Waals surface area (Å²) in [6, 6.07) is 9.96. The Kier molecular flexibility index (Phi) is 12.6. The van der Waals surface area contributed by atoms with Gasteiger partial charge in [-0.2, -0.15) is 0 Å². The molecule has 6 rings (SSSR count). The number of rotatable bonds is 13. The number of hydrogen-bond acceptors (Lipinski definition) is 8. The summed E-state index contributed by atoms with van der Waals surface area (Å²) in [5, 5.41) is 3.63. The minimum atomic E-state index is -1.51. The molecule has 0 bridgehead atoms. The van der Waals surface area contributed by atoms with Crippen molar-refractivity contribution in [2.45, 2.75) is 89.8 Å². The van der Waals surface area contributed by atoms with Crippen LogP contribution in [-0.2, 0) is 32.5 Å². The molecule has 1 saturated carbocycles. The number of fused-ring (bicyclic) bond motifs is 1. The van der Waals surface area contributed by atoms with Crippen LogP contribution in [0.4, 0.5) is 14.5 Å². The summed E-state index contributed by atoms with van der Waals surface area (Å²) < 4.78 is 43.9. The van der Waals surface area contributed by atoms with Gasteiger partial charge < -0.3 is 19.4 Å². The smallest absolute Gasteiger partial charge is 0.308 e. The number of benzene rings is 2. The van der Waals surface area contributed by atoms with Crippen molar-refractivity contribution in [3.63, 3.8) is 0 Å². The summed E-state index contributed by atoms with van der Waals surface area (Å²) in [5.74, 6) is -3.34. The summed E-state index contributed by atoms with van der Waals surface area (Å²) in [5.41, 5.74) is 1.51. The first-order valence-electron chi connectivity index (χ1n) is 19.0. The third kappa shape index (κ3) is 8.17. The largest absolute Gasteiger partial charge is 0.466 e. The van der Waals surface area contributed by atoms with Crippen LogP contribution in [0.3, 0.4) is 0 Å². The summed E-state index contributed by atoms with van der Waals surface area (Å²) in [7, 11) is 1.85. The third-order valence-electron chi connectivity index (χ3n) is 11.3. The Morgan fingerprint density at radius 2 is 1.68 bits per heavy atom. The van der Waals surface area contributed by atoms with E-state index in [1.54, 1.807) is 13.1 Å². The highest BCUT2D eigenvalue weighted by Gasteiger charge is 2.54. The molecule has 3 atom stereocenters. The molecule has 1 N–H and O–H groups in total. The monoisotopic (exact) mass is 755 g/mol. The number of alkyl halides is 1. The topological polar surface area (TPSA) is 96.3 Å². The number of aromatic nitrogens is 1. The molecule has 3 aromatic rings. The van der Waals surface area contributed by atoms with Gasteiger partial charge in [0.05, 0.1) is 34.9 Å². The van der Waals surface area contributed by atoms with Crippen LogP contribution in [0.25, 0.3) is 10.9 Å². The number of piperazine rings is 1. The highest BCUT2D eigenvalue weighted by atomic mass is 35.5. The molecule has 288 valence electrons. The zero-order valence-corrected chi connectivity index (χ0v) is 32.0. The lowest BCUT2D eigenvalue weighted by molar-refractivity contribution is -0.266. The van der Waals surface area contributed by atoms with E-state index in [9.17, 15) is 14.0 Å². The van der Waals surface area contributed by atoms with Gasteiger partial charge in [-0.3, -0.25) is 29.1 Å². The number of amides is 1. The summed E-state index contributed by atoms with van der Waals surface area (Å²) >= 11 is 6.71. The number of halogens is 3. The number of Topliss-reactive ketones (excluding diaryl/α,β-unsaturated/α-hetero) is 1. The number of esters is 1. The van der Waals surface area contributed by atoms with Gasteiger partial charge in [0.25, 0.3) is 5.91 Å². The Labute approximate surface area is 315 Å². The number of para-hydroxylation sites is 1. The Balaban J connectivity index is 1.29. The molecule has 3 fully saturated rings. The Morgan fingerprint density at radius 1 is 1.00 bits per heavy atom. The van der Waals surface area contributed by atoms with E-state index in [-0.39, 0.29) is 58.6 Å². The van der Waals surface area contributed by atoms with Gasteiger partial charge in [0, 0.05) is 75.4 Å². The molecule has 2 aliphatic heterocycles. The van der Waals surface area contributed by atoms with Crippen LogP contribution in [0.1, 0.15) is 75.2 Å². The quantitative estimate of drug-likeness (QED) is 0.196. The fraction of sp³-hybridized carbons (Fsp3) is 0.575. The molecule has 10 nitrogen and oxygen atoms in total. The van der Waals surface area contributed by atoms with Gasteiger partial charge in [-0.1, -0.05) is 29.8 Å². The van der Waals surface area contributed by atoms with Crippen molar-refractivity contribution in [3.8, 4) is 0 Å². The van der Waals surface area contributed by atoms with Crippen molar-refractivity contribution >= 4 is 45.9 Å². The molecule has 0 spiro atoms. The molecule has 0 radical (unpaired) electrons. The number of likely N-dealkylation sites (tertiary alicyclic amines) is 1. The van der Waals surface area contributed by atoms with Crippen molar-refractivity contribution in [2.24, 2.45) is 13.0 Å². The molecular formula is C40H52ClF2N5O5. The third-order valence-corrected chi connectivity index (χ3v) is 11.6. The number of anilines is 1. The van der Waals surface area contributed by atoms with Crippen molar-refractivity contribution < 1.29 is 32.6 Å². The summed E-state index contributed by atoms with van der Waals surface area (Å²) in [6.07, 6.45) is 5.18.